The highest BCUT2D eigenvalue weighted by atomic mass is 127. The van der Waals surface area contributed by atoms with Crippen molar-refractivity contribution in [3.05, 3.63) is 29.6 Å². The van der Waals surface area contributed by atoms with Crippen molar-refractivity contribution >= 4 is 22.6 Å². The summed E-state index contributed by atoms with van der Waals surface area (Å²) in [7, 11) is 0. The van der Waals surface area contributed by atoms with E-state index in [-0.39, 0.29) is 0 Å². The van der Waals surface area contributed by atoms with Crippen LogP contribution in [0.25, 0.3) is 0 Å². The van der Waals surface area contributed by atoms with Crippen LogP contribution < -0.4 is 0 Å². The molecule has 5 heteroatoms. The van der Waals surface area contributed by atoms with E-state index in [2.05, 4.69) is 27.6 Å². The first-order chi connectivity index (χ1) is 5.54. The van der Waals surface area contributed by atoms with Crippen molar-refractivity contribution in [2.75, 3.05) is 0 Å². The number of nitrogens with zero attached hydrogens (tertiary/aromatic N) is 1. The summed E-state index contributed by atoms with van der Waals surface area (Å²) in [6.45, 7) is 0. The van der Waals surface area contributed by atoms with Crippen molar-refractivity contribution in [2.24, 2.45) is 0 Å². The zero-order chi connectivity index (χ0) is 9.19. The average Bonchev–Trinajstić information content (AvgIpc) is 2.03. The molecule has 0 spiro atoms. The van der Waals surface area contributed by atoms with Gasteiger partial charge in [0.1, 0.15) is 5.69 Å². The van der Waals surface area contributed by atoms with E-state index in [0.717, 1.165) is 11.6 Å². The Morgan fingerprint density at radius 2 is 2.00 bits per heavy atom. The molecule has 0 fully saturated rings. The predicted octanol–water partition coefficient (Wildman–Crippen LogP) is 3.04. The third kappa shape index (κ3) is 2.33. The highest BCUT2D eigenvalue weighted by Crippen LogP contribution is 2.27. The van der Waals surface area contributed by atoms with E-state index in [4.69, 9.17) is 0 Å². The number of alkyl halides is 4. The maximum Gasteiger partial charge on any atom is 0.433 e. The van der Waals surface area contributed by atoms with Gasteiger partial charge in [0.15, 0.2) is 0 Å². The molecule has 12 heavy (non-hydrogen) atoms. The minimum Gasteiger partial charge on any atom is -0.251 e. The van der Waals surface area contributed by atoms with Crippen LogP contribution in [-0.2, 0) is 10.6 Å². The van der Waals surface area contributed by atoms with Gasteiger partial charge in [-0.1, -0.05) is 28.7 Å². The summed E-state index contributed by atoms with van der Waals surface area (Å²) in [6.07, 6.45) is -3.08. The van der Waals surface area contributed by atoms with Gasteiger partial charge in [-0.15, -0.1) is 0 Å². The Labute approximate surface area is 81.1 Å². The molecule has 0 radical (unpaired) electrons. The maximum atomic E-state index is 12.0. The van der Waals surface area contributed by atoms with Crippen LogP contribution in [0.15, 0.2) is 18.3 Å². The average molecular weight is 287 g/mol. The number of rotatable bonds is 1. The minimum absolute atomic E-state index is 0.670. The molecule has 0 bridgehead atoms. The van der Waals surface area contributed by atoms with Gasteiger partial charge in [0.25, 0.3) is 0 Å². The lowest BCUT2D eigenvalue weighted by Gasteiger charge is -2.04. The summed E-state index contributed by atoms with van der Waals surface area (Å²) in [6, 6.07) is 2.43. The fourth-order valence-electron chi connectivity index (χ4n) is 0.671. The molecule has 1 heterocycles. The molecule has 1 rings (SSSR count). The Balaban J connectivity index is 2.93. The fourth-order valence-corrected chi connectivity index (χ4v) is 1.12. The highest BCUT2D eigenvalue weighted by molar-refractivity contribution is 14.1. The molecule has 0 unspecified atom stereocenters. The largest absolute Gasteiger partial charge is 0.433 e. The van der Waals surface area contributed by atoms with Gasteiger partial charge in [0, 0.05) is 10.6 Å². The van der Waals surface area contributed by atoms with Gasteiger partial charge >= 0.3 is 6.18 Å². The van der Waals surface area contributed by atoms with Crippen LogP contribution in [0, 0.1) is 0 Å². The van der Waals surface area contributed by atoms with E-state index < -0.39 is 11.9 Å². The van der Waals surface area contributed by atoms with Crippen LogP contribution in [0.1, 0.15) is 11.3 Å². The van der Waals surface area contributed by atoms with Gasteiger partial charge in [0.05, 0.1) is 0 Å². The number of halogens is 4. The molecule has 0 saturated carbocycles. The lowest BCUT2D eigenvalue weighted by molar-refractivity contribution is -0.141. The van der Waals surface area contributed by atoms with Crippen LogP contribution >= 0.6 is 22.6 Å². The Bertz CT molecular complexity index is 254. The van der Waals surface area contributed by atoms with E-state index >= 15 is 0 Å². The molecule has 1 nitrogen and oxygen atoms in total. The molecule has 0 aliphatic carbocycles. The first-order valence-electron chi connectivity index (χ1n) is 3.12. The lowest BCUT2D eigenvalue weighted by Crippen LogP contribution is -2.07. The van der Waals surface area contributed by atoms with Crippen molar-refractivity contribution in [3.63, 3.8) is 0 Å². The summed E-state index contributed by atoms with van der Waals surface area (Å²) in [5.41, 5.74) is -0.0419. The van der Waals surface area contributed by atoms with E-state index in [0.29, 0.717) is 4.43 Å². The number of aromatic nitrogens is 1. The summed E-state index contributed by atoms with van der Waals surface area (Å²) in [5.74, 6) is 0. The van der Waals surface area contributed by atoms with Crippen LogP contribution in [0.4, 0.5) is 13.2 Å². The maximum absolute atomic E-state index is 12.0. The third-order valence-corrected chi connectivity index (χ3v) is 2.15. The molecular formula is C7H5F3IN. The predicted molar refractivity (Wildman–Crippen MR) is 47.0 cm³/mol. The van der Waals surface area contributed by atoms with Gasteiger partial charge in [0.2, 0.25) is 0 Å². The molecule has 0 aromatic carbocycles. The molecule has 0 aliphatic rings. The van der Waals surface area contributed by atoms with Crippen molar-refractivity contribution < 1.29 is 13.2 Å². The van der Waals surface area contributed by atoms with Crippen LogP contribution in [-0.4, -0.2) is 4.98 Å². The topological polar surface area (TPSA) is 12.9 Å². The molecule has 0 aliphatic heterocycles. The number of hydrogen-bond acceptors (Lipinski definition) is 1. The second-order valence-electron chi connectivity index (χ2n) is 2.18. The second-order valence-corrected chi connectivity index (χ2v) is 2.95. The van der Waals surface area contributed by atoms with Crippen molar-refractivity contribution in [3.8, 4) is 0 Å². The molecule has 0 atom stereocenters. The van der Waals surface area contributed by atoms with Gasteiger partial charge < -0.3 is 0 Å². The Kier molecular flexibility index (Phi) is 2.92. The SMILES string of the molecule is FC(F)(F)c1ccc(CI)cn1. The molecule has 1 aromatic rings. The monoisotopic (exact) mass is 287 g/mol. The van der Waals surface area contributed by atoms with Gasteiger partial charge in [-0.05, 0) is 11.6 Å². The second kappa shape index (κ2) is 3.59. The molecule has 0 amide bonds. The van der Waals surface area contributed by atoms with Crippen molar-refractivity contribution in [1.82, 2.24) is 4.98 Å². The zero-order valence-electron chi connectivity index (χ0n) is 5.90. The van der Waals surface area contributed by atoms with E-state index in [9.17, 15) is 13.2 Å². The summed E-state index contributed by atoms with van der Waals surface area (Å²) < 4.78 is 36.5. The van der Waals surface area contributed by atoms with Crippen LogP contribution in [0.3, 0.4) is 0 Å². The minimum atomic E-state index is -4.33. The first-order valence-corrected chi connectivity index (χ1v) is 4.64. The standard InChI is InChI=1S/C7H5F3IN/c8-7(9,10)6-2-1-5(3-11)4-12-6/h1-2,4H,3H2. The highest BCUT2D eigenvalue weighted by Gasteiger charge is 2.31. The zero-order valence-corrected chi connectivity index (χ0v) is 8.06. The quantitative estimate of drug-likeness (QED) is 0.571. The number of hydrogen-bond donors (Lipinski definition) is 0. The van der Waals surface area contributed by atoms with E-state index in [1.54, 1.807) is 0 Å². The Morgan fingerprint density at radius 3 is 2.33 bits per heavy atom. The molecule has 0 N–H and O–H groups in total. The smallest absolute Gasteiger partial charge is 0.251 e. The Hall–Kier alpha value is -0.330. The van der Waals surface area contributed by atoms with Gasteiger partial charge in [-0.2, -0.15) is 13.2 Å². The van der Waals surface area contributed by atoms with Crippen molar-refractivity contribution in [1.29, 1.82) is 0 Å². The van der Waals surface area contributed by atoms with E-state index in [1.165, 1.54) is 12.3 Å². The Morgan fingerprint density at radius 1 is 1.33 bits per heavy atom. The normalized spacial score (nSPS) is 11.7. The van der Waals surface area contributed by atoms with Crippen LogP contribution in [0.5, 0.6) is 0 Å². The summed E-state index contributed by atoms with van der Waals surface area (Å²) in [4.78, 5) is 3.29. The van der Waals surface area contributed by atoms with E-state index in [1.807, 2.05) is 0 Å². The lowest BCUT2D eigenvalue weighted by atomic mass is 10.3. The van der Waals surface area contributed by atoms with Crippen molar-refractivity contribution in [2.45, 2.75) is 10.6 Å². The molecular weight excluding hydrogens is 282 g/mol. The molecule has 0 saturated heterocycles. The molecule has 66 valence electrons. The summed E-state index contributed by atoms with van der Waals surface area (Å²) in [5, 5.41) is 0. The number of pyridine rings is 1. The van der Waals surface area contributed by atoms with Gasteiger partial charge in [-0.25, -0.2) is 0 Å². The molecule has 1 aromatic heterocycles. The fraction of sp³-hybridized carbons (Fsp3) is 0.286. The summed E-state index contributed by atoms with van der Waals surface area (Å²) >= 11 is 2.06. The first kappa shape index (κ1) is 9.76. The van der Waals surface area contributed by atoms with Crippen LogP contribution in [0.2, 0.25) is 0 Å². The third-order valence-electron chi connectivity index (χ3n) is 1.27. The van der Waals surface area contributed by atoms with Gasteiger partial charge in [-0.3, -0.25) is 4.98 Å².